The van der Waals surface area contributed by atoms with Crippen LogP contribution in [-0.4, -0.2) is 11.1 Å². The maximum atomic E-state index is 11.4. The first kappa shape index (κ1) is 22.2. The van der Waals surface area contributed by atoms with E-state index in [0.29, 0.717) is 0 Å². The molecule has 1 aromatic heterocycles. The van der Waals surface area contributed by atoms with E-state index in [4.69, 9.17) is 0 Å². The Morgan fingerprint density at radius 2 is 1.36 bits per heavy atom. The normalized spacial score (nSPS) is 12.4. The second-order valence-corrected chi connectivity index (χ2v) is 8.27. The van der Waals surface area contributed by atoms with E-state index >= 15 is 0 Å². The zero-order chi connectivity index (χ0) is 18.2. The van der Waals surface area contributed by atoms with Gasteiger partial charge in [0.1, 0.15) is 0 Å². The van der Waals surface area contributed by atoms with Gasteiger partial charge in [-0.3, -0.25) is 4.79 Å². The van der Waals surface area contributed by atoms with Crippen LogP contribution in [0.3, 0.4) is 0 Å². The van der Waals surface area contributed by atoms with Gasteiger partial charge in [0.05, 0.1) is 5.92 Å². The Balaban J connectivity index is 1.88. The highest BCUT2D eigenvalue weighted by atomic mass is 32.1. The Morgan fingerprint density at radius 1 is 0.880 bits per heavy atom. The number of hydrogen-bond donors (Lipinski definition) is 1. The molecule has 2 nitrogen and oxygen atoms in total. The smallest absolute Gasteiger partial charge is 0.311 e. The van der Waals surface area contributed by atoms with Crippen molar-refractivity contribution in [1.29, 1.82) is 0 Å². The Bertz CT molecular complexity index is 414. The Kier molecular flexibility index (Phi) is 13.7. The predicted molar refractivity (Wildman–Crippen MR) is 110 cm³/mol. The first-order valence-electron chi connectivity index (χ1n) is 10.5. The van der Waals surface area contributed by atoms with E-state index < -0.39 is 5.97 Å². The first-order chi connectivity index (χ1) is 12.3. The van der Waals surface area contributed by atoms with Crippen molar-refractivity contribution in [3.63, 3.8) is 0 Å². The summed E-state index contributed by atoms with van der Waals surface area (Å²) in [6, 6.07) is 3.90. The van der Waals surface area contributed by atoms with Crippen molar-refractivity contribution in [3.05, 3.63) is 22.4 Å². The highest BCUT2D eigenvalue weighted by Crippen LogP contribution is 2.27. The minimum atomic E-state index is -0.669. The number of thiophene rings is 1. The number of carboxylic acid groups (broad SMARTS) is 1. The SMILES string of the molecule is CCCCCCCCCCCCCCCCC(C(=O)O)c1cccs1. The summed E-state index contributed by atoms with van der Waals surface area (Å²) < 4.78 is 0. The van der Waals surface area contributed by atoms with Crippen LogP contribution in [0.4, 0.5) is 0 Å². The largest absolute Gasteiger partial charge is 0.481 e. The van der Waals surface area contributed by atoms with Gasteiger partial charge in [0.2, 0.25) is 0 Å². The Morgan fingerprint density at radius 3 is 1.76 bits per heavy atom. The van der Waals surface area contributed by atoms with Crippen LogP contribution in [0.1, 0.15) is 114 Å². The van der Waals surface area contributed by atoms with E-state index in [2.05, 4.69) is 6.92 Å². The monoisotopic (exact) mass is 366 g/mol. The summed E-state index contributed by atoms with van der Waals surface area (Å²) in [6.45, 7) is 2.27. The number of hydrogen-bond acceptors (Lipinski definition) is 2. The number of carboxylic acids is 1. The van der Waals surface area contributed by atoms with E-state index in [1.807, 2.05) is 17.5 Å². The molecule has 0 bridgehead atoms. The van der Waals surface area contributed by atoms with Gasteiger partial charge in [0.15, 0.2) is 0 Å². The second kappa shape index (κ2) is 15.4. The van der Waals surface area contributed by atoms with Gasteiger partial charge in [0, 0.05) is 4.88 Å². The summed E-state index contributed by atoms with van der Waals surface area (Å²) in [7, 11) is 0. The van der Waals surface area contributed by atoms with Crippen LogP contribution in [0.5, 0.6) is 0 Å². The molecular weight excluding hydrogens is 328 g/mol. The lowest BCUT2D eigenvalue weighted by Gasteiger charge is -2.10. The third-order valence-electron chi connectivity index (χ3n) is 5.03. The molecule has 0 fully saturated rings. The standard InChI is InChI=1S/C22H38O2S/c1-2-3-4-5-6-7-8-9-10-11-12-13-14-15-17-20(22(23)24)21-18-16-19-25-21/h16,18-20H,2-15,17H2,1H3,(H,23,24). The second-order valence-electron chi connectivity index (χ2n) is 7.29. The molecule has 1 aromatic rings. The fourth-order valence-corrected chi connectivity index (χ4v) is 4.27. The molecule has 0 saturated carbocycles. The van der Waals surface area contributed by atoms with Gasteiger partial charge in [-0.2, -0.15) is 0 Å². The van der Waals surface area contributed by atoms with Crippen LogP contribution in [0.25, 0.3) is 0 Å². The molecule has 1 heterocycles. The van der Waals surface area contributed by atoms with Crippen molar-refractivity contribution in [3.8, 4) is 0 Å². The van der Waals surface area contributed by atoms with Crippen molar-refractivity contribution >= 4 is 17.3 Å². The molecule has 0 aliphatic carbocycles. The maximum Gasteiger partial charge on any atom is 0.311 e. The van der Waals surface area contributed by atoms with Gasteiger partial charge < -0.3 is 5.11 Å². The summed E-state index contributed by atoms with van der Waals surface area (Å²) in [5, 5.41) is 11.3. The van der Waals surface area contributed by atoms with E-state index in [1.54, 1.807) is 11.3 Å². The lowest BCUT2D eigenvalue weighted by molar-refractivity contribution is -0.138. The van der Waals surface area contributed by atoms with E-state index in [0.717, 1.165) is 17.7 Å². The van der Waals surface area contributed by atoms with Gasteiger partial charge in [-0.15, -0.1) is 11.3 Å². The van der Waals surface area contributed by atoms with Gasteiger partial charge in [-0.05, 0) is 17.9 Å². The summed E-state index contributed by atoms with van der Waals surface area (Å²) >= 11 is 1.57. The van der Waals surface area contributed by atoms with Crippen molar-refractivity contribution in [2.75, 3.05) is 0 Å². The third-order valence-corrected chi connectivity index (χ3v) is 6.02. The minimum absolute atomic E-state index is 0.294. The highest BCUT2D eigenvalue weighted by molar-refractivity contribution is 7.10. The maximum absolute atomic E-state index is 11.4. The molecule has 1 N–H and O–H groups in total. The van der Waals surface area contributed by atoms with Gasteiger partial charge in [0.25, 0.3) is 0 Å². The van der Waals surface area contributed by atoms with Crippen LogP contribution in [0, 0.1) is 0 Å². The van der Waals surface area contributed by atoms with Crippen LogP contribution in [0.2, 0.25) is 0 Å². The molecule has 3 heteroatoms. The zero-order valence-corrected chi connectivity index (χ0v) is 17.0. The van der Waals surface area contributed by atoms with Crippen molar-refractivity contribution < 1.29 is 9.90 Å². The van der Waals surface area contributed by atoms with Gasteiger partial charge in [-0.1, -0.05) is 103 Å². The number of rotatable bonds is 17. The molecule has 0 spiro atoms. The topological polar surface area (TPSA) is 37.3 Å². The molecular formula is C22H38O2S. The molecule has 0 aliphatic heterocycles. The molecule has 144 valence electrons. The fraction of sp³-hybridized carbons (Fsp3) is 0.773. The predicted octanol–water partition coefficient (Wildman–Crippen LogP) is 7.79. The molecule has 0 aromatic carbocycles. The Hall–Kier alpha value is -0.830. The number of aliphatic carboxylic acids is 1. The molecule has 0 amide bonds. The summed E-state index contributed by atoms with van der Waals surface area (Å²) in [6.07, 6.45) is 19.5. The minimum Gasteiger partial charge on any atom is -0.481 e. The van der Waals surface area contributed by atoms with E-state index in [9.17, 15) is 9.90 Å². The van der Waals surface area contributed by atoms with Crippen molar-refractivity contribution in [2.24, 2.45) is 0 Å². The summed E-state index contributed by atoms with van der Waals surface area (Å²) in [5.74, 6) is -0.963. The molecule has 0 aliphatic rings. The molecule has 1 rings (SSSR count). The van der Waals surface area contributed by atoms with E-state index in [-0.39, 0.29) is 5.92 Å². The van der Waals surface area contributed by atoms with Crippen LogP contribution in [-0.2, 0) is 4.79 Å². The third kappa shape index (κ3) is 11.4. The molecule has 0 saturated heterocycles. The lowest BCUT2D eigenvalue weighted by Crippen LogP contribution is -2.10. The molecule has 1 atom stereocenters. The number of carbonyl (C=O) groups is 1. The summed E-state index contributed by atoms with van der Waals surface area (Å²) in [4.78, 5) is 12.4. The quantitative estimate of drug-likeness (QED) is 0.286. The van der Waals surface area contributed by atoms with Gasteiger partial charge in [-0.25, -0.2) is 0 Å². The fourth-order valence-electron chi connectivity index (χ4n) is 3.42. The van der Waals surface area contributed by atoms with Gasteiger partial charge >= 0.3 is 5.97 Å². The average Bonchev–Trinajstić information content (AvgIpc) is 3.12. The van der Waals surface area contributed by atoms with Crippen LogP contribution in [0.15, 0.2) is 17.5 Å². The number of unbranched alkanes of at least 4 members (excludes halogenated alkanes) is 13. The molecule has 25 heavy (non-hydrogen) atoms. The zero-order valence-electron chi connectivity index (χ0n) is 16.2. The van der Waals surface area contributed by atoms with Crippen LogP contribution < -0.4 is 0 Å². The highest BCUT2D eigenvalue weighted by Gasteiger charge is 2.19. The first-order valence-corrected chi connectivity index (χ1v) is 11.4. The lowest BCUT2D eigenvalue weighted by atomic mass is 9.98. The summed E-state index contributed by atoms with van der Waals surface area (Å²) in [5.41, 5.74) is 0. The Labute approximate surface area is 159 Å². The van der Waals surface area contributed by atoms with Crippen LogP contribution >= 0.6 is 11.3 Å². The van der Waals surface area contributed by atoms with Crippen molar-refractivity contribution in [2.45, 2.75) is 109 Å². The average molecular weight is 367 g/mol. The molecule has 0 radical (unpaired) electrons. The van der Waals surface area contributed by atoms with Crippen molar-refractivity contribution in [1.82, 2.24) is 0 Å². The van der Waals surface area contributed by atoms with E-state index in [1.165, 1.54) is 83.5 Å². The molecule has 1 unspecified atom stereocenters.